The minimum absolute atomic E-state index is 0.210. The van der Waals surface area contributed by atoms with Crippen LogP contribution in [0.25, 0.3) is 6.08 Å². The van der Waals surface area contributed by atoms with Gasteiger partial charge in [0.2, 0.25) is 0 Å². The minimum Gasteiger partial charge on any atom is -0.486 e. The van der Waals surface area contributed by atoms with E-state index in [4.69, 9.17) is 43.8 Å². The molecule has 3 aromatic rings. The number of nitrogens with two attached hydrogens (primary N) is 1. The van der Waals surface area contributed by atoms with Gasteiger partial charge in [-0.05, 0) is 37.3 Å². The molecule has 1 aromatic carbocycles. The normalized spacial score (nSPS) is 15.3. The molecule has 2 aromatic heterocycles. The highest BCUT2D eigenvalue weighted by molar-refractivity contribution is 6.35. The molecule has 0 spiro atoms. The molecular weight excluding hydrogens is 487 g/mol. The number of nitrogens with zero attached hydrogens (tertiary/aromatic N) is 4. The molecule has 10 heteroatoms. The molecule has 0 amide bonds. The minimum atomic E-state index is -0.427. The molecule has 8 nitrogen and oxygen atoms in total. The lowest BCUT2D eigenvalue weighted by Gasteiger charge is -2.26. The number of aromatic nitrogens is 3. The summed E-state index contributed by atoms with van der Waals surface area (Å²) in [6, 6.07) is 5.16. The quantitative estimate of drug-likeness (QED) is 0.329. The van der Waals surface area contributed by atoms with E-state index < -0.39 is 6.10 Å². The molecule has 0 radical (unpaired) electrons. The van der Waals surface area contributed by atoms with Gasteiger partial charge in [-0.25, -0.2) is 9.97 Å². The highest BCUT2D eigenvalue weighted by Gasteiger charge is 2.17. The van der Waals surface area contributed by atoms with Crippen molar-refractivity contribution in [3.05, 3.63) is 81.6 Å². The van der Waals surface area contributed by atoms with E-state index in [-0.39, 0.29) is 5.71 Å². The smallest absolute Gasteiger partial charge is 0.151 e. The van der Waals surface area contributed by atoms with E-state index in [9.17, 15) is 0 Å². The number of nitrogen functional groups attached to an aromatic ring is 1. The maximum Gasteiger partial charge on any atom is 0.151 e. The van der Waals surface area contributed by atoms with Gasteiger partial charge in [0, 0.05) is 66.8 Å². The molecular formula is C25H26Cl2N6O2. The first-order chi connectivity index (χ1) is 16.9. The Kier molecular flexibility index (Phi) is 8.30. The molecule has 0 saturated carbocycles. The van der Waals surface area contributed by atoms with E-state index in [0.29, 0.717) is 38.4 Å². The van der Waals surface area contributed by atoms with Crippen molar-refractivity contribution in [2.24, 2.45) is 0 Å². The van der Waals surface area contributed by atoms with Gasteiger partial charge in [-0.3, -0.25) is 9.88 Å². The lowest BCUT2D eigenvalue weighted by atomic mass is 10.1. The van der Waals surface area contributed by atoms with Crippen LogP contribution < -0.4 is 10.5 Å². The van der Waals surface area contributed by atoms with Crippen molar-refractivity contribution in [2.45, 2.75) is 19.6 Å². The largest absolute Gasteiger partial charge is 0.486 e. The number of hydrogen-bond donors (Lipinski definition) is 2. The van der Waals surface area contributed by atoms with Crippen molar-refractivity contribution < 1.29 is 9.47 Å². The van der Waals surface area contributed by atoms with E-state index in [1.807, 2.05) is 19.3 Å². The van der Waals surface area contributed by atoms with Gasteiger partial charge in [-0.15, -0.1) is 0 Å². The Bertz CT molecular complexity index is 1190. The van der Waals surface area contributed by atoms with Crippen LogP contribution in [0, 0.1) is 5.41 Å². The molecule has 1 aliphatic rings. The summed E-state index contributed by atoms with van der Waals surface area (Å²) in [5.74, 6) is 1.05. The Morgan fingerprint density at radius 2 is 1.86 bits per heavy atom. The summed E-state index contributed by atoms with van der Waals surface area (Å²) >= 11 is 12.5. The monoisotopic (exact) mass is 512 g/mol. The van der Waals surface area contributed by atoms with Gasteiger partial charge in [0.15, 0.2) is 5.82 Å². The fourth-order valence-corrected chi connectivity index (χ4v) is 4.38. The number of allylic oxidation sites excluding steroid dienone is 1. The van der Waals surface area contributed by atoms with Gasteiger partial charge in [-0.1, -0.05) is 23.2 Å². The van der Waals surface area contributed by atoms with E-state index >= 15 is 0 Å². The van der Waals surface area contributed by atoms with Gasteiger partial charge in [0.1, 0.15) is 11.9 Å². The number of anilines is 1. The number of pyridine rings is 1. The second-order valence-corrected chi connectivity index (χ2v) is 8.93. The van der Waals surface area contributed by atoms with Crippen LogP contribution >= 0.6 is 23.2 Å². The number of nitrogens with one attached hydrogen (secondary N) is 1. The molecule has 35 heavy (non-hydrogen) atoms. The fourth-order valence-electron chi connectivity index (χ4n) is 3.71. The Balaban J connectivity index is 1.42. The predicted molar refractivity (Wildman–Crippen MR) is 138 cm³/mol. The molecule has 1 fully saturated rings. The summed E-state index contributed by atoms with van der Waals surface area (Å²) in [5.41, 5.74) is 9.01. The molecule has 0 bridgehead atoms. The predicted octanol–water partition coefficient (Wildman–Crippen LogP) is 4.81. The van der Waals surface area contributed by atoms with Crippen molar-refractivity contribution in [3.8, 4) is 5.75 Å². The van der Waals surface area contributed by atoms with Gasteiger partial charge in [0.05, 0.1) is 29.0 Å². The highest BCUT2D eigenvalue weighted by atomic mass is 35.5. The van der Waals surface area contributed by atoms with Gasteiger partial charge >= 0.3 is 0 Å². The summed E-state index contributed by atoms with van der Waals surface area (Å²) in [6.07, 6.45) is 9.54. The number of ether oxygens (including phenoxy) is 2. The van der Waals surface area contributed by atoms with Crippen molar-refractivity contribution in [3.63, 3.8) is 0 Å². The Morgan fingerprint density at radius 3 is 2.54 bits per heavy atom. The van der Waals surface area contributed by atoms with Crippen LogP contribution in [-0.4, -0.2) is 51.9 Å². The lowest BCUT2D eigenvalue weighted by Crippen LogP contribution is -2.35. The number of benzene rings is 1. The first-order valence-electron chi connectivity index (χ1n) is 11.1. The molecule has 1 unspecified atom stereocenters. The Hall–Kier alpha value is -3.04. The maximum absolute atomic E-state index is 8.50. The summed E-state index contributed by atoms with van der Waals surface area (Å²) in [6.45, 7) is 5.96. The third-order valence-corrected chi connectivity index (χ3v) is 6.16. The van der Waals surface area contributed by atoms with E-state index in [1.165, 1.54) is 12.4 Å². The molecule has 1 aliphatic heterocycles. The molecule has 1 atom stereocenters. The van der Waals surface area contributed by atoms with Crippen LogP contribution in [0.3, 0.4) is 0 Å². The van der Waals surface area contributed by atoms with Gasteiger partial charge in [0.25, 0.3) is 0 Å². The molecule has 3 heterocycles. The van der Waals surface area contributed by atoms with Crippen molar-refractivity contribution in [2.75, 3.05) is 32.0 Å². The van der Waals surface area contributed by atoms with E-state index in [0.717, 1.165) is 38.4 Å². The molecule has 182 valence electrons. The summed E-state index contributed by atoms with van der Waals surface area (Å²) < 4.78 is 11.4. The van der Waals surface area contributed by atoms with Crippen LogP contribution in [0.5, 0.6) is 5.75 Å². The molecule has 3 N–H and O–H groups in total. The van der Waals surface area contributed by atoms with Crippen LogP contribution in [0.15, 0.2) is 49.1 Å². The zero-order valence-electron chi connectivity index (χ0n) is 19.2. The van der Waals surface area contributed by atoms with E-state index in [1.54, 1.807) is 30.4 Å². The van der Waals surface area contributed by atoms with Crippen LogP contribution in [0.4, 0.5) is 5.69 Å². The van der Waals surface area contributed by atoms with Crippen molar-refractivity contribution in [1.29, 1.82) is 5.41 Å². The Morgan fingerprint density at radius 1 is 1.17 bits per heavy atom. The van der Waals surface area contributed by atoms with Crippen molar-refractivity contribution in [1.82, 2.24) is 19.9 Å². The molecule has 4 rings (SSSR count). The standard InChI is InChI=1S/C25H26Cl2N6O2/c1-16(25-20(26)13-30-14-21(25)27)35-18-2-3-22(28)19(10-18)23(29)4-5-24-31-11-17(12-32-24)15-33-6-8-34-9-7-33/h2-5,10-14,16,29H,6-9,15,28H2,1H3/b5-4+,29-23?. The third kappa shape index (κ3) is 6.55. The van der Waals surface area contributed by atoms with Gasteiger partial charge < -0.3 is 20.6 Å². The zero-order valence-corrected chi connectivity index (χ0v) is 20.8. The van der Waals surface area contributed by atoms with Crippen LogP contribution in [-0.2, 0) is 11.3 Å². The molecule has 0 aliphatic carbocycles. The molecule has 1 saturated heterocycles. The number of halogens is 2. The zero-order chi connectivity index (χ0) is 24.8. The first kappa shape index (κ1) is 25.1. The third-order valence-electron chi connectivity index (χ3n) is 5.56. The van der Waals surface area contributed by atoms with Crippen molar-refractivity contribution >= 4 is 40.7 Å². The summed E-state index contributed by atoms with van der Waals surface area (Å²) in [5, 5.41) is 9.34. The summed E-state index contributed by atoms with van der Waals surface area (Å²) in [7, 11) is 0. The topological polar surface area (TPSA) is 110 Å². The second-order valence-electron chi connectivity index (χ2n) is 8.11. The summed E-state index contributed by atoms with van der Waals surface area (Å²) in [4.78, 5) is 15.1. The number of morpholine rings is 1. The fraction of sp³-hybridized carbons (Fsp3) is 0.280. The highest BCUT2D eigenvalue weighted by Crippen LogP contribution is 2.33. The average Bonchev–Trinajstić information content (AvgIpc) is 2.85. The van der Waals surface area contributed by atoms with Crippen LogP contribution in [0.2, 0.25) is 10.0 Å². The second kappa shape index (κ2) is 11.6. The lowest BCUT2D eigenvalue weighted by molar-refractivity contribution is 0.0341. The maximum atomic E-state index is 8.50. The average molecular weight is 513 g/mol. The number of rotatable bonds is 8. The van der Waals surface area contributed by atoms with Gasteiger partial charge in [-0.2, -0.15) is 0 Å². The first-order valence-corrected chi connectivity index (χ1v) is 11.9. The van der Waals surface area contributed by atoms with Crippen LogP contribution in [0.1, 0.15) is 35.5 Å². The van der Waals surface area contributed by atoms with E-state index in [2.05, 4.69) is 19.9 Å². The SMILES string of the molecule is CC(Oc1ccc(N)c(C(=N)/C=C/c2ncc(CN3CCOCC3)cn2)c1)c1c(Cl)cncc1Cl. The number of hydrogen-bond acceptors (Lipinski definition) is 8. The Labute approximate surface area is 214 Å².